The Hall–Kier alpha value is -2.43. The lowest BCUT2D eigenvalue weighted by atomic mass is 10.0. The van der Waals surface area contributed by atoms with Crippen molar-refractivity contribution in [3.63, 3.8) is 0 Å². The molecule has 3 nitrogen and oxygen atoms in total. The summed E-state index contributed by atoms with van der Waals surface area (Å²) in [6, 6.07) is 7.43. The topological polar surface area (TPSA) is 55.1 Å². The molecule has 2 aromatic rings. The standard InChI is InChI=1S/C16H16F2N2O/c1-9-3-4-10(2)11(5-9)6-15(21)20-16-13(18)7-12(17)8-14(16)19/h3-5,7-8H,6,19H2,1-2H3,(H,20,21). The van der Waals surface area contributed by atoms with Gasteiger partial charge >= 0.3 is 0 Å². The van der Waals surface area contributed by atoms with Gasteiger partial charge in [0.15, 0.2) is 5.82 Å². The predicted octanol–water partition coefficient (Wildman–Crippen LogP) is 3.35. The fourth-order valence-electron chi connectivity index (χ4n) is 2.07. The highest BCUT2D eigenvalue weighted by atomic mass is 19.1. The molecule has 21 heavy (non-hydrogen) atoms. The molecule has 3 N–H and O–H groups in total. The third kappa shape index (κ3) is 3.56. The van der Waals surface area contributed by atoms with E-state index in [0.717, 1.165) is 22.8 Å². The number of rotatable bonds is 3. The summed E-state index contributed by atoms with van der Waals surface area (Å²) in [4.78, 5) is 12.0. The van der Waals surface area contributed by atoms with E-state index in [0.29, 0.717) is 6.07 Å². The maximum Gasteiger partial charge on any atom is 0.228 e. The van der Waals surface area contributed by atoms with Crippen molar-refractivity contribution in [3.8, 4) is 0 Å². The molecule has 0 spiro atoms. The summed E-state index contributed by atoms with van der Waals surface area (Å²) >= 11 is 0. The summed E-state index contributed by atoms with van der Waals surface area (Å²) in [5, 5.41) is 2.40. The van der Waals surface area contributed by atoms with Crippen LogP contribution in [-0.4, -0.2) is 5.91 Å². The zero-order valence-electron chi connectivity index (χ0n) is 11.8. The monoisotopic (exact) mass is 290 g/mol. The molecule has 0 aliphatic heterocycles. The van der Waals surface area contributed by atoms with E-state index in [9.17, 15) is 13.6 Å². The second kappa shape index (κ2) is 5.91. The number of hydrogen-bond donors (Lipinski definition) is 2. The second-order valence-electron chi connectivity index (χ2n) is 5.01. The van der Waals surface area contributed by atoms with Crippen LogP contribution in [0.25, 0.3) is 0 Å². The minimum Gasteiger partial charge on any atom is -0.397 e. The molecule has 2 rings (SSSR count). The summed E-state index contributed by atoms with van der Waals surface area (Å²) in [5.74, 6) is -2.07. The third-order valence-corrected chi connectivity index (χ3v) is 3.21. The Labute approximate surface area is 121 Å². The summed E-state index contributed by atoms with van der Waals surface area (Å²) in [6.45, 7) is 3.83. The molecule has 0 unspecified atom stereocenters. The van der Waals surface area contributed by atoms with Crippen molar-refractivity contribution in [2.75, 3.05) is 11.1 Å². The Morgan fingerprint density at radius 3 is 2.57 bits per heavy atom. The van der Waals surface area contributed by atoms with E-state index in [1.165, 1.54) is 0 Å². The zero-order chi connectivity index (χ0) is 15.6. The minimum atomic E-state index is -0.887. The molecule has 0 saturated carbocycles. The molecule has 2 aromatic carbocycles. The van der Waals surface area contributed by atoms with Gasteiger partial charge in [-0.05, 0) is 31.0 Å². The van der Waals surface area contributed by atoms with Crippen LogP contribution in [0.1, 0.15) is 16.7 Å². The molecule has 0 fully saturated rings. The maximum absolute atomic E-state index is 13.6. The molecule has 0 aliphatic carbocycles. The molecule has 0 aliphatic rings. The van der Waals surface area contributed by atoms with E-state index in [2.05, 4.69) is 5.32 Å². The SMILES string of the molecule is Cc1ccc(C)c(CC(=O)Nc2c(N)cc(F)cc2F)c1. The number of halogens is 2. The van der Waals surface area contributed by atoms with E-state index in [1.807, 2.05) is 32.0 Å². The fraction of sp³-hybridized carbons (Fsp3) is 0.188. The third-order valence-electron chi connectivity index (χ3n) is 3.21. The number of hydrogen-bond acceptors (Lipinski definition) is 2. The van der Waals surface area contributed by atoms with Gasteiger partial charge in [0.2, 0.25) is 5.91 Å². The summed E-state index contributed by atoms with van der Waals surface area (Å²) in [7, 11) is 0. The highest BCUT2D eigenvalue weighted by Gasteiger charge is 2.13. The summed E-state index contributed by atoms with van der Waals surface area (Å²) in [5.41, 5.74) is 8.07. The number of benzene rings is 2. The molecular weight excluding hydrogens is 274 g/mol. The molecule has 0 bridgehead atoms. The van der Waals surface area contributed by atoms with E-state index in [4.69, 9.17) is 5.73 Å². The van der Waals surface area contributed by atoms with Gasteiger partial charge in [-0.1, -0.05) is 23.8 Å². The molecular formula is C16H16F2N2O. The number of amides is 1. The number of nitrogens with two attached hydrogens (primary N) is 1. The molecule has 0 atom stereocenters. The molecule has 0 saturated heterocycles. The van der Waals surface area contributed by atoms with E-state index in [-0.39, 0.29) is 17.8 Å². The van der Waals surface area contributed by atoms with Crippen LogP contribution in [0.3, 0.4) is 0 Å². The van der Waals surface area contributed by atoms with Gasteiger partial charge in [-0.2, -0.15) is 0 Å². The molecule has 5 heteroatoms. The van der Waals surface area contributed by atoms with Crippen LogP contribution in [0.5, 0.6) is 0 Å². The smallest absolute Gasteiger partial charge is 0.228 e. The first-order valence-corrected chi connectivity index (χ1v) is 6.47. The van der Waals surface area contributed by atoms with Crippen molar-refractivity contribution in [1.82, 2.24) is 0 Å². The van der Waals surface area contributed by atoms with Crippen LogP contribution in [0.2, 0.25) is 0 Å². The van der Waals surface area contributed by atoms with E-state index >= 15 is 0 Å². The van der Waals surface area contributed by atoms with Gasteiger partial charge in [0, 0.05) is 6.07 Å². The number of carbonyl (C=O) groups excluding carboxylic acids is 1. The predicted molar refractivity (Wildman–Crippen MR) is 79.0 cm³/mol. The van der Waals surface area contributed by atoms with Gasteiger partial charge in [0.25, 0.3) is 0 Å². The highest BCUT2D eigenvalue weighted by molar-refractivity contribution is 5.95. The van der Waals surface area contributed by atoms with Gasteiger partial charge < -0.3 is 11.1 Å². The van der Waals surface area contributed by atoms with Gasteiger partial charge in [-0.15, -0.1) is 0 Å². The molecule has 110 valence electrons. The zero-order valence-corrected chi connectivity index (χ0v) is 11.8. The Kier molecular flexibility index (Phi) is 4.21. The Bertz CT molecular complexity index is 676. The lowest BCUT2D eigenvalue weighted by Gasteiger charge is -2.11. The summed E-state index contributed by atoms with van der Waals surface area (Å²) in [6.07, 6.45) is 0.101. The largest absolute Gasteiger partial charge is 0.397 e. The average Bonchev–Trinajstić information content (AvgIpc) is 2.38. The van der Waals surface area contributed by atoms with Gasteiger partial charge in [-0.3, -0.25) is 4.79 Å². The lowest BCUT2D eigenvalue weighted by molar-refractivity contribution is -0.115. The van der Waals surface area contributed by atoms with Crippen molar-refractivity contribution in [2.24, 2.45) is 0 Å². The maximum atomic E-state index is 13.6. The Morgan fingerprint density at radius 2 is 1.90 bits per heavy atom. The number of aryl methyl sites for hydroxylation is 2. The first-order valence-electron chi connectivity index (χ1n) is 6.47. The van der Waals surface area contributed by atoms with Crippen LogP contribution >= 0.6 is 0 Å². The van der Waals surface area contributed by atoms with Gasteiger partial charge in [0.1, 0.15) is 11.5 Å². The molecule has 0 radical (unpaired) electrons. The fourth-order valence-corrected chi connectivity index (χ4v) is 2.07. The van der Waals surface area contributed by atoms with Crippen LogP contribution in [-0.2, 0) is 11.2 Å². The van der Waals surface area contributed by atoms with Crippen LogP contribution in [0.15, 0.2) is 30.3 Å². The Balaban J connectivity index is 2.17. The van der Waals surface area contributed by atoms with E-state index < -0.39 is 17.5 Å². The number of nitrogens with one attached hydrogen (secondary N) is 1. The van der Waals surface area contributed by atoms with Crippen molar-refractivity contribution >= 4 is 17.3 Å². The molecule has 0 heterocycles. The van der Waals surface area contributed by atoms with Crippen LogP contribution < -0.4 is 11.1 Å². The van der Waals surface area contributed by atoms with Crippen LogP contribution in [0.4, 0.5) is 20.2 Å². The quantitative estimate of drug-likeness (QED) is 0.852. The van der Waals surface area contributed by atoms with Crippen molar-refractivity contribution in [3.05, 3.63) is 58.7 Å². The van der Waals surface area contributed by atoms with Crippen molar-refractivity contribution < 1.29 is 13.6 Å². The number of nitrogen functional groups attached to an aromatic ring is 1. The second-order valence-corrected chi connectivity index (χ2v) is 5.01. The number of carbonyl (C=O) groups is 1. The molecule has 0 aromatic heterocycles. The lowest BCUT2D eigenvalue weighted by Crippen LogP contribution is -2.17. The van der Waals surface area contributed by atoms with Crippen molar-refractivity contribution in [2.45, 2.75) is 20.3 Å². The van der Waals surface area contributed by atoms with Crippen LogP contribution in [0, 0.1) is 25.5 Å². The molecule has 1 amide bonds. The first kappa shape index (κ1) is 15.0. The van der Waals surface area contributed by atoms with Gasteiger partial charge in [-0.25, -0.2) is 8.78 Å². The highest BCUT2D eigenvalue weighted by Crippen LogP contribution is 2.24. The normalized spacial score (nSPS) is 10.5. The Morgan fingerprint density at radius 1 is 1.19 bits per heavy atom. The average molecular weight is 290 g/mol. The first-order chi connectivity index (χ1) is 9.86. The van der Waals surface area contributed by atoms with Gasteiger partial charge in [0.05, 0.1) is 12.1 Å². The summed E-state index contributed by atoms with van der Waals surface area (Å²) < 4.78 is 26.6. The minimum absolute atomic E-state index is 0.101. The van der Waals surface area contributed by atoms with E-state index in [1.54, 1.807) is 0 Å². The number of anilines is 2. The van der Waals surface area contributed by atoms with Crippen molar-refractivity contribution in [1.29, 1.82) is 0 Å².